The van der Waals surface area contributed by atoms with Gasteiger partial charge in [0.2, 0.25) is 5.78 Å². The predicted molar refractivity (Wildman–Crippen MR) is 86.3 cm³/mol. The molecular weight excluding hydrogens is 359 g/mol. The van der Waals surface area contributed by atoms with Crippen LogP contribution < -0.4 is 8.92 Å². The molecule has 0 fully saturated rings. The lowest BCUT2D eigenvalue weighted by molar-refractivity contribution is 0.101. The van der Waals surface area contributed by atoms with Gasteiger partial charge >= 0.3 is 10.1 Å². The fourth-order valence-corrected chi connectivity index (χ4v) is 2.84. The standard InChI is InChI=1S/C16H10ClFO5S/c1-24(20,21)23-9-5-6-10-14(7-9)22-15(16(10)19)8-11-12(17)3-2-4-13(11)18/h2-8H,1H3/b15-8-. The molecule has 124 valence electrons. The minimum absolute atomic E-state index is 0.00854. The normalized spacial score (nSPS) is 15.3. The van der Waals surface area contributed by atoms with Crippen LogP contribution in [0.3, 0.4) is 0 Å². The van der Waals surface area contributed by atoms with Crippen molar-refractivity contribution in [2.75, 3.05) is 6.26 Å². The highest BCUT2D eigenvalue weighted by atomic mass is 35.5. The largest absolute Gasteiger partial charge is 0.452 e. The van der Waals surface area contributed by atoms with Crippen molar-refractivity contribution in [2.24, 2.45) is 0 Å². The third-order valence-corrected chi connectivity index (χ3v) is 3.99. The number of hydrogen-bond acceptors (Lipinski definition) is 5. The number of rotatable bonds is 3. The molecule has 0 atom stereocenters. The summed E-state index contributed by atoms with van der Waals surface area (Å²) in [6.45, 7) is 0. The summed E-state index contributed by atoms with van der Waals surface area (Å²) in [5, 5.41) is 0.135. The first kappa shape index (κ1) is 16.5. The predicted octanol–water partition coefficient (Wildman–Crippen LogP) is 3.43. The fraction of sp³-hybridized carbons (Fsp3) is 0.0625. The average molecular weight is 369 g/mol. The number of benzene rings is 2. The highest BCUT2D eigenvalue weighted by molar-refractivity contribution is 7.86. The van der Waals surface area contributed by atoms with Crippen molar-refractivity contribution >= 4 is 33.6 Å². The Bertz CT molecular complexity index is 962. The summed E-state index contributed by atoms with van der Waals surface area (Å²) in [5.74, 6) is -1.04. The monoisotopic (exact) mass is 368 g/mol. The minimum atomic E-state index is -3.70. The van der Waals surface area contributed by atoms with Crippen LogP contribution in [-0.4, -0.2) is 20.5 Å². The molecule has 0 saturated heterocycles. The molecule has 1 aliphatic heterocycles. The van der Waals surface area contributed by atoms with Gasteiger partial charge in [-0.15, -0.1) is 0 Å². The Morgan fingerprint density at radius 1 is 1.25 bits per heavy atom. The topological polar surface area (TPSA) is 69.7 Å². The highest BCUT2D eigenvalue weighted by Crippen LogP contribution is 2.36. The Hall–Kier alpha value is -2.38. The molecule has 8 heteroatoms. The molecule has 5 nitrogen and oxygen atoms in total. The van der Waals surface area contributed by atoms with Crippen LogP contribution in [0.1, 0.15) is 15.9 Å². The van der Waals surface area contributed by atoms with Crippen LogP contribution in [0.25, 0.3) is 6.08 Å². The van der Waals surface area contributed by atoms with Gasteiger partial charge in [-0.1, -0.05) is 17.7 Å². The van der Waals surface area contributed by atoms with Crippen LogP contribution in [0, 0.1) is 5.82 Å². The molecule has 0 unspecified atom stereocenters. The summed E-state index contributed by atoms with van der Waals surface area (Å²) in [5.41, 5.74) is 0.248. The number of allylic oxidation sites excluding steroid dienone is 1. The first-order valence-corrected chi connectivity index (χ1v) is 8.86. The van der Waals surface area contributed by atoms with Crippen molar-refractivity contribution in [3.63, 3.8) is 0 Å². The van der Waals surface area contributed by atoms with E-state index in [1.165, 1.54) is 42.5 Å². The smallest absolute Gasteiger partial charge is 0.306 e. The number of Topliss-reactive ketones (excluding diaryl/α,β-unsaturated/α-hetero) is 1. The van der Waals surface area contributed by atoms with Crippen LogP contribution in [0.15, 0.2) is 42.2 Å². The number of ketones is 1. The van der Waals surface area contributed by atoms with Crippen LogP contribution in [-0.2, 0) is 10.1 Å². The zero-order valence-electron chi connectivity index (χ0n) is 12.2. The molecule has 3 rings (SSSR count). The van der Waals surface area contributed by atoms with Gasteiger partial charge in [0, 0.05) is 11.6 Å². The molecule has 1 heterocycles. The average Bonchev–Trinajstić information content (AvgIpc) is 2.77. The Balaban J connectivity index is 1.98. The van der Waals surface area contributed by atoms with Gasteiger partial charge < -0.3 is 8.92 Å². The van der Waals surface area contributed by atoms with Gasteiger partial charge in [-0.3, -0.25) is 4.79 Å². The van der Waals surface area contributed by atoms with Crippen molar-refractivity contribution in [2.45, 2.75) is 0 Å². The Morgan fingerprint density at radius 2 is 2.00 bits per heavy atom. The number of fused-ring (bicyclic) bond motifs is 1. The zero-order valence-corrected chi connectivity index (χ0v) is 13.8. The molecule has 1 aliphatic rings. The molecule has 0 aliphatic carbocycles. The number of halogens is 2. The lowest BCUT2D eigenvalue weighted by Crippen LogP contribution is -2.05. The summed E-state index contributed by atoms with van der Waals surface area (Å²) in [6, 6.07) is 8.13. The summed E-state index contributed by atoms with van der Waals surface area (Å²) in [7, 11) is -3.70. The van der Waals surface area contributed by atoms with Gasteiger partial charge in [-0.25, -0.2) is 4.39 Å². The van der Waals surface area contributed by atoms with Gasteiger partial charge in [0.15, 0.2) is 5.76 Å². The summed E-state index contributed by atoms with van der Waals surface area (Å²) >= 11 is 5.93. The van der Waals surface area contributed by atoms with Crippen LogP contribution in [0.4, 0.5) is 4.39 Å². The van der Waals surface area contributed by atoms with E-state index in [9.17, 15) is 17.6 Å². The lowest BCUT2D eigenvalue weighted by atomic mass is 10.1. The maximum Gasteiger partial charge on any atom is 0.306 e. The molecule has 24 heavy (non-hydrogen) atoms. The Kier molecular flexibility index (Phi) is 4.06. The Morgan fingerprint density at radius 3 is 2.67 bits per heavy atom. The highest BCUT2D eigenvalue weighted by Gasteiger charge is 2.28. The fourth-order valence-electron chi connectivity index (χ4n) is 2.17. The zero-order chi connectivity index (χ0) is 17.5. The first-order valence-electron chi connectivity index (χ1n) is 6.66. The molecule has 2 aromatic rings. The van der Waals surface area contributed by atoms with Crippen LogP contribution in [0.5, 0.6) is 11.5 Å². The van der Waals surface area contributed by atoms with Gasteiger partial charge in [0.05, 0.1) is 16.8 Å². The minimum Gasteiger partial charge on any atom is -0.452 e. The second kappa shape index (κ2) is 5.92. The van der Waals surface area contributed by atoms with Crippen molar-refractivity contribution in [1.29, 1.82) is 0 Å². The van der Waals surface area contributed by atoms with Crippen molar-refractivity contribution in [3.05, 3.63) is 64.1 Å². The van der Waals surface area contributed by atoms with E-state index in [0.717, 1.165) is 6.26 Å². The van der Waals surface area contributed by atoms with Crippen LogP contribution >= 0.6 is 11.6 Å². The van der Waals surface area contributed by atoms with E-state index in [1.807, 2.05) is 0 Å². The summed E-state index contributed by atoms with van der Waals surface area (Å²) < 4.78 is 46.3. The third-order valence-electron chi connectivity index (χ3n) is 3.16. The quantitative estimate of drug-likeness (QED) is 0.613. The molecule has 0 saturated carbocycles. The van der Waals surface area contributed by atoms with Crippen molar-refractivity contribution in [3.8, 4) is 11.5 Å². The molecule has 0 bridgehead atoms. The third kappa shape index (κ3) is 3.27. The summed E-state index contributed by atoms with van der Waals surface area (Å²) in [4.78, 5) is 12.3. The van der Waals surface area contributed by atoms with Gasteiger partial charge in [0.1, 0.15) is 17.3 Å². The van der Waals surface area contributed by atoms with Crippen molar-refractivity contribution < 1.29 is 26.5 Å². The second-order valence-corrected chi connectivity index (χ2v) is 7.00. The van der Waals surface area contributed by atoms with E-state index in [4.69, 9.17) is 20.5 Å². The maximum atomic E-state index is 13.8. The van der Waals surface area contributed by atoms with E-state index in [2.05, 4.69) is 0 Å². The SMILES string of the molecule is CS(=O)(=O)Oc1ccc2c(c1)O/C(=C\c1c(F)cccc1Cl)C2=O. The van der Waals surface area contributed by atoms with E-state index < -0.39 is 21.7 Å². The van der Waals surface area contributed by atoms with E-state index >= 15 is 0 Å². The van der Waals surface area contributed by atoms with Crippen molar-refractivity contribution in [1.82, 2.24) is 0 Å². The number of ether oxygens (including phenoxy) is 1. The molecule has 2 aromatic carbocycles. The van der Waals surface area contributed by atoms with Gasteiger partial charge in [0.25, 0.3) is 0 Å². The van der Waals surface area contributed by atoms with E-state index in [0.29, 0.717) is 0 Å². The summed E-state index contributed by atoms with van der Waals surface area (Å²) in [6.07, 6.45) is 2.11. The molecule has 0 spiro atoms. The number of carbonyl (C=O) groups is 1. The first-order chi connectivity index (χ1) is 11.2. The maximum absolute atomic E-state index is 13.8. The van der Waals surface area contributed by atoms with E-state index in [1.54, 1.807) is 0 Å². The molecular formula is C16H10ClFO5S. The van der Waals surface area contributed by atoms with Crippen LogP contribution in [0.2, 0.25) is 5.02 Å². The molecule has 0 N–H and O–H groups in total. The number of carbonyl (C=O) groups excluding carboxylic acids is 1. The Labute approximate surface area is 142 Å². The van der Waals surface area contributed by atoms with E-state index in [-0.39, 0.29) is 33.4 Å². The van der Waals surface area contributed by atoms with Gasteiger partial charge in [-0.2, -0.15) is 8.42 Å². The molecule has 0 radical (unpaired) electrons. The second-order valence-electron chi connectivity index (χ2n) is 5.02. The van der Waals surface area contributed by atoms with Gasteiger partial charge in [-0.05, 0) is 30.3 Å². The molecule has 0 amide bonds. The number of hydrogen-bond donors (Lipinski definition) is 0. The molecule has 0 aromatic heterocycles. The lowest BCUT2D eigenvalue weighted by Gasteiger charge is -2.04.